The molecule has 0 atom stereocenters. The van der Waals surface area contributed by atoms with E-state index in [9.17, 15) is 9.59 Å². The van der Waals surface area contributed by atoms with E-state index < -0.39 is 0 Å². The van der Waals surface area contributed by atoms with E-state index in [1.165, 1.54) is 10.7 Å². The Bertz CT molecular complexity index is 1170. The van der Waals surface area contributed by atoms with Gasteiger partial charge in [-0.15, -0.1) is 0 Å². The van der Waals surface area contributed by atoms with Crippen LogP contribution >= 0.6 is 0 Å². The van der Waals surface area contributed by atoms with E-state index in [1.54, 1.807) is 38.3 Å². The molecule has 11 heteroatoms. The van der Waals surface area contributed by atoms with Crippen LogP contribution in [0.5, 0.6) is 11.5 Å². The summed E-state index contributed by atoms with van der Waals surface area (Å²) in [6.07, 6.45) is 2.35. The number of hydrogen-bond donors (Lipinski definition) is 2. The Morgan fingerprint density at radius 2 is 1.64 bits per heavy atom. The van der Waals surface area contributed by atoms with Crippen molar-refractivity contribution in [3.8, 4) is 22.8 Å². The molecule has 3 rings (SSSR count). The van der Waals surface area contributed by atoms with Crippen LogP contribution in [0.15, 0.2) is 65.5 Å². The fraction of sp³-hybridized carbons (Fsp3) is 0.452. The van der Waals surface area contributed by atoms with Crippen molar-refractivity contribution < 1.29 is 57.1 Å². The van der Waals surface area contributed by atoms with Gasteiger partial charge in [0.15, 0.2) is 5.75 Å². The zero-order valence-electron chi connectivity index (χ0n) is 26.1. The topological polar surface area (TPSA) is 136 Å². The molecule has 1 radical (unpaired) electrons. The van der Waals surface area contributed by atoms with E-state index in [0.717, 1.165) is 24.0 Å². The predicted molar refractivity (Wildman–Crippen MR) is 165 cm³/mol. The average molecular weight is 661 g/mol. The SMILES string of the molecule is CC.CC[NH-].COC(C)(C)C.O=CNCCCCOc1cccc(-c2ccc(=O)n(Cc3cccc(OO)c3)n2)c1.[Y]. The van der Waals surface area contributed by atoms with Crippen LogP contribution in [0.1, 0.15) is 59.9 Å². The fourth-order valence-electron chi connectivity index (χ4n) is 2.91. The number of unbranched alkanes of at least 4 members (excludes halogenated alkanes) is 1. The second-order valence-electron chi connectivity index (χ2n) is 9.28. The van der Waals surface area contributed by atoms with Gasteiger partial charge in [0.25, 0.3) is 5.56 Å². The number of nitrogens with zero attached hydrogens (tertiary/aromatic N) is 2. The molecule has 3 N–H and O–H groups in total. The van der Waals surface area contributed by atoms with E-state index in [0.29, 0.717) is 43.3 Å². The molecule has 1 amide bonds. The van der Waals surface area contributed by atoms with Crippen molar-refractivity contribution in [2.75, 3.05) is 26.8 Å². The Morgan fingerprint density at radius 3 is 2.24 bits per heavy atom. The predicted octanol–water partition coefficient (Wildman–Crippen LogP) is 6.23. The molecule has 0 aliphatic rings. The molecule has 0 spiro atoms. The van der Waals surface area contributed by atoms with E-state index in [2.05, 4.69) is 15.3 Å². The molecule has 2 aromatic carbocycles. The van der Waals surface area contributed by atoms with E-state index >= 15 is 0 Å². The summed E-state index contributed by atoms with van der Waals surface area (Å²) < 4.78 is 12.1. The molecule has 3 aromatic rings. The fourth-order valence-corrected chi connectivity index (χ4v) is 2.91. The van der Waals surface area contributed by atoms with Crippen LogP contribution in [0.4, 0.5) is 0 Å². The maximum atomic E-state index is 12.2. The summed E-state index contributed by atoms with van der Waals surface area (Å²) >= 11 is 0. The number of amides is 1. The third-order valence-electron chi connectivity index (χ3n) is 5.01. The van der Waals surface area contributed by atoms with Gasteiger partial charge in [-0.1, -0.05) is 45.0 Å². The van der Waals surface area contributed by atoms with Crippen molar-refractivity contribution >= 4 is 6.41 Å². The molecular formula is C31H47N4O6Y-. The molecule has 10 nitrogen and oxygen atoms in total. The van der Waals surface area contributed by atoms with Crippen LogP contribution in [-0.4, -0.2) is 53.9 Å². The number of methoxy groups -OCH3 is 1. The summed E-state index contributed by atoms with van der Waals surface area (Å²) in [6.45, 7) is 13.8. The normalized spacial score (nSPS) is 9.74. The number of aromatic nitrogens is 2. The van der Waals surface area contributed by atoms with Gasteiger partial charge >= 0.3 is 0 Å². The van der Waals surface area contributed by atoms with Gasteiger partial charge in [0.1, 0.15) is 5.75 Å². The quantitative estimate of drug-likeness (QED) is 0.108. The van der Waals surface area contributed by atoms with Gasteiger partial charge in [-0.2, -0.15) is 11.6 Å². The van der Waals surface area contributed by atoms with Crippen LogP contribution in [0.25, 0.3) is 17.0 Å². The van der Waals surface area contributed by atoms with Crippen molar-refractivity contribution in [2.24, 2.45) is 0 Å². The monoisotopic (exact) mass is 660 g/mol. The minimum Gasteiger partial charge on any atom is -0.678 e. The summed E-state index contributed by atoms with van der Waals surface area (Å²) in [5.41, 5.74) is 8.26. The van der Waals surface area contributed by atoms with Crippen LogP contribution in [0.3, 0.4) is 0 Å². The maximum absolute atomic E-state index is 12.2. The van der Waals surface area contributed by atoms with Crippen molar-refractivity contribution in [2.45, 2.75) is 66.5 Å². The standard InChI is InChI=1S/C22H23N3O5.C5H12O.C2H6N.C2H6.Y/c26-16-23-11-1-2-12-29-19-7-4-6-18(14-19)21-9-10-22(27)25(24-21)15-17-5-3-8-20(13-17)30-28;1-5(2,3)6-4;1-2-3;1-2;/h3-10,13-14,16,28H,1-2,11-12,15H2,(H,23,26);1-4H3;3H,2H2,1H3;1-2H3;/q;;-1;;. The minimum atomic E-state index is -0.231. The number of ether oxygens (including phenoxy) is 2. The Balaban J connectivity index is 0. The van der Waals surface area contributed by atoms with Crippen molar-refractivity contribution in [3.63, 3.8) is 0 Å². The maximum Gasteiger partial charge on any atom is 0.267 e. The van der Waals surface area contributed by atoms with Gasteiger partial charge in [-0.3, -0.25) is 9.59 Å². The number of carbonyl (C=O) groups is 1. The van der Waals surface area contributed by atoms with Gasteiger partial charge in [0, 0.05) is 58.0 Å². The number of hydrogen-bond acceptors (Lipinski definition) is 7. The van der Waals surface area contributed by atoms with Gasteiger partial charge in [-0.25, -0.2) is 9.94 Å². The summed E-state index contributed by atoms with van der Waals surface area (Å²) in [5.74, 6) is 1.01. The molecule has 0 saturated carbocycles. The molecule has 0 saturated heterocycles. The van der Waals surface area contributed by atoms with Crippen molar-refractivity contribution in [1.82, 2.24) is 15.1 Å². The van der Waals surface area contributed by atoms with E-state index in [-0.39, 0.29) is 50.4 Å². The second kappa shape index (κ2) is 24.9. The van der Waals surface area contributed by atoms with Crippen LogP contribution in [0.2, 0.25) is 0 Å². The van der Waals surface area contributed by atoms with Crippen LogP contribution in [-0.2, 0) is 48.8 Å². The van der Waals surface area contributed by atoms with Crippen LogP contribution < -0.4 is 20.5 Å². The smallest absolute Gasteiger partial charge is 0.267 e. The molecule has 0 unspecified atom stereocenters. The molecular weight excluding hydrogens is 613 g/mol. The Kier molecular flexibility index (Phi) is 24.6. The number of benzene rings is 2. The van der Waals surface area contributed by atoms with Gasteiger partial charge < -0.3 is 25.4 Å². The summed E-state index contributed by atoms with van der Waals surface area (Å²) in [7, 11) is 1.71. The summed E-state index contributed by atoms with van der Waals surface area (Å²) in [5, 5.41) is 15.9. The molecule has 231 valence electrons. The molecule has 42 heavy (non-hydrogen) atoms. The van der Waals surface area contributed by atoms with E-state index in [4.69, 9.17) is 20.5 Å². The third kappa shape index (κ3) is 18.7. The first kappa shape index (κ1) is 41.5. The number of rotatable bonds is 11. The second-order valence-corrected chi connectivity index (χ2v) is 9.28. The summed E-state index contributed by atoms with van der Waals surface area (Å²) in [6, 6.07) is 17.5. The molecule has 1 aromatic heterocycles. The summed E-state index contributed by atoms with van der Waals surface area (Å²) in [4.78, 5) is 26.7. The Morgan fingerprint density at radius 1 is 1.02 bits per heavy atom. The minimum absolute atomic E-state index is 0. The number of nitrogens with one attached hydrogen (secondary N) is 2. The largest absolute Gasteiger partial charge is 0.678 e. The number of carbonyl (C=O) groups excluding carboxylic acids is 1. The molecule has 0 aliphatic carbocycles. The molecule has 0 bridgehead atoms. The average Bonchev–Trinajstić information content (AvgIpc) is 2.98. The first-order valence-corrected chi connectivity index (χ1v) is 13.8. The van der Waals surface area contributed by atoms with Crippen LogP contribution in [0, 0.1) is 0 Å². The first-order valence-electron chi connectivity index (χ1n) is 13.8. The van der Waals surface area contributed by atoms with Crippen molar-refractivity contribution in [1.29, 1.82) is 0 Å². The third-order valence-corrected chi connectivity index (χ3v) is 5.01. The Labute approximate surface area is 275 Å². The first-order chi connectivity index (χ1) is 19.7. The zero-order chi connectivity index (χ0) is 31.1. The van der Waals surface area contributed by atoms with Gasteiger partial charge in [-0.05, 0) is 69.5 Å². The molecule has 0 fully saturated rings. The van der Waals surface area contributed by atoms with Crippen molar-refractivity contribution in [3.05, 3.63) is 82.3 Å². The van der Waals surface area contributed by atoms with E-state index in [1.807, 2.05) is 65.0 Å². The van der Waals surface area contributed by atoms with Gasteiger partial charge in [0.2, 0.25) is 6.41 Å². The molecule has 0 aliphatic heterocycles. The van der Waals surface area contributed by atoms with Gasteiger partial charge in [0.05, 0.1) is 24.4 Å². The zero-order valence-corrected chi connectivity index (χ0v) is 28.9. The Hall–Kier alpha value is -2.63. The molecule has 1 heterocycles.